The fourth-order valence-electron chi connectivity index (χ4n) is 8.02. The average molecular weight is 1430 g/mol. The van der Waals surface area contributed by atoms with Crippen LogP contribution in [0.15, 0.2) is 91.0 Å². The van der Waals surface area contributed by atoms with Crippen molar-refractivity contribution < 1.29 is 141 Å². The predicted octanol–water partition coefficient (Wildman–Crippen LogP) is 11.3. The lowest BCUT2D eigenvalue weighted by molar-refractivity contribution is -0.376. The van der Waals surface area contributed by atoms with Gasteiger partial charge in [0.2, 0.25) is 0 Å². The van der Waals surface area contributed by atoms with Gasteiger partial charge < -0.3 is 93.1 Å². The molecule has 0 heterocycles. The van der Waals surface area contributed by atoms with E-state index in [1.807, 2.05) is 0 Å². The zero-order valence-corrected chi connectivity index (χ0v) is 49.6. The number of aliphatic hydroxyl groups is 7. The zero-order valence-electron chi connectivity index (χ0n) is 49.6. The van der Waals surface area contributed by atoms with Crippen molar-refractivity contribution in [3.63, 3.8) is 0 Å². The molecule has 0 saturated carbocycles. The maximum Gasteiger partial charge on any atom is 0.430 e. The molecule has 0 aliphatic carbocycles. The molecule has 6 aromatic rings. The van der Waals surface area contributed by atoms with Crippen LogP contribution in [0, 0.1) is 0 Å². The van der Waals surface area contributed by atoms with Gasteiger partial charge in [0.25, 0.3) is 5.60 Å². The first-order valence-electron chi connectivity index (χ1n) is 25.7. The number of anilines is 10. The third-order valence-corrected chi connectivity index (χ3v) is 14.3. The standard InChI is InChI=1S/C13H13F3N2O.C12H11F9N2O2.C12H14F6N2O2.2C9H11F3N2O/c1-12(19,13(14,15)16)9-6-5-7-8(11(9)18)3-2-4-10(7)17;1-8(24,10(13,14)15)4-2-5(7(23)3-6(4)22)9(25,11(16,17)18)12(19,20)21;1-9(21,11(13,14)15)5-3-8(20)6(4-7(5)19)10(2,22)12(16,17)18;1-8(15,9(10,11)12)5-2-6(13)4-7(14)3-5;1-8(15,9(10,11)12)6-4-5(13)2-3-7(6)14/h2-6,19H,17-18H2,1H3;2-3,24-25H,22-23H2,1H3;3-4,21-22H,19-20H2,1-2H3;2*2-4,15H,13-14H2,1H3. The van der Waals surface area contributed by atoms with Crippen molar-refractivity contribution in [3.05, 3.63) is 130 Å². The number of fused-ring (bicyclic) bond motifs is 1. The highest BCUT2D eigenvalue weighted by atomic mass is 19.4. The van der Waals surface area contributed by atoms with Gasteiger partial charge in [0.05, 0.1) is 0 Å². The van der Waals surface area contributed by atoms with Crippen LogP contribution in [0.2, 0.25) is 0 Å². The predicted molar refractivity (Wildman–Crippen MR) is 304 cm³/mol. The molecule has 0 fully saturated rings. The topological polar surface area (TPSA) is 402 Å². The Hall–Kier alpha value is -8.38. The van der Waals surface area contributed by atoms with Gasteiger partial charge in [-0.1, -0.05) is 24.3 Å². The Kier molecular flexibility index (Phi) is 23.5. The fourth-order valence-corrected chi connectivity index (χ4v) is 8.02. The summed E-state index contributed by atoms with van der Waals surface area (Å²) in [5, 5.41) is 67.2. The van der Waals surface area contributed by atoms with E-state index in [0.717, 1.165) is 24.3 Å². The van der Waals surface area contributed by atoms with Gasteiger partial charge in [0.15, 0.2) is 33.6 Å². The van der Waals surface area contributed by atoms with Crippen LogP contribution in [0.25, 0.3) is 10.8 Å². The van der Waals surface area contributed by atoms with Crippen molar-refractivity contribution in [1.29, 1.82) is 0 Å². The zero-order chi connectivity index (χ0) is 76.1. The molecule has 6 unspecified atom stereocenters. The normalized spacial score (nSPS) is 16.7. The van der Waals surface area contributed by atoms with Crippen molar-refractivity contribution in [3.8, 4) is 0 Å². The first kappa shape index (κ1) is 83.7. The summed E-state index contributed by atoms with van der Waals surface area (Å²) in [5.41, 5.74) is 18.2. The molecule has 0 aliphatic rings. The molecule has 0 spiro atoms. The largest absolute Gasteiger partial charge is 0.430 e. The average Bonchev–Trinajstić information content (AvgIpc) is 0.729. The molecule has 540 valence electrons. The second-order valence-electron chi connectivity index (χ2n) is 21.9. The summed E-state index contributed by atoms with van der Waals surface area (Å²) in [5.74, 6) is 0. The summed E-state index contributed by atoms with van der Waals surface area (Å²) in [4.78, 5) is 0. The fraction of sp³-hybridized carbons (Fsp3) is 0.382. The number of nitrogen functional groups attached to an aromatic ring is 10. The monoisotopic (exact) mass is 1430 g/mol. The van der Waals surface area contributed by atoms with E-state index in [1.165, 1.54) is 24.3 Å². The molecule has 0 amide bonds. The lowest BCUT2D eigenvalue weighted by Crippen LogP contribution is -2.54. The van der Waals surface area contributed by atoms with Gasteiger partial charge in [-0.05, 0) is 114 Å². The first-order chi connectivity index (χ1) is 42.3. The number of halogens is 24. The van der Waals surface area contributed by atoms with E-state index >= 15 is 0 Å². The molecule has 0 aliphatic heterocycles. The summed E-state index contributed by atoms with van der Waals surface area (Å²) in [6, 6.07) is 15.1. The van der Waals surface area contributed by atoms with Crippen molar-refractivity contribution in [2.45, 2.75) is 130 Å². The number of nitrogens with two attached hydrogens (primary N) is 10. The van der Waals surface area contributed by atoms with Gasteiger partial charge in [0, 0.05) is 101 Å². The molecule has 0 bridgehead atoms. The second-order valence-corrected chi connectivity index (χ2v) is 21.9. The molecule has 41 heteroatoms. The van der Waals surface area contributed by atoms with E-state index in [0.29, 0.717) is 63.2 Å². The second kappa shape index (κ2) is 26.9. The molecule has 6 aromatic carbocycles. The highest BCUT2D eigenvalue weighted by molar-refractivity contribution is 6.01. The molecular formula is C55H60F24N10O7. The molecule has 0 saturated heterocycles. The number of rotatable bonds is 7. The van der Waals surface area contributed by atoms with Crippen molar-refractivity contribution >= 4 is 67.6 Å². The van der Waals surface area contributed by atoms with Crippen LogP contribution in [0.3, 0.4) is 0 Å². The lowest BCUT2D eigenvalue weighted by atomic mass is 9.84. The summed E-state index contributed by atoms with van der Waals surface area (Å²) < 4.78 is 306. The maximum absolute atomic E-state index is 12.9. The number of hydrogen-bond acceptors (Lipinski definition) is 17. The molecular weight excluding hydrogens is 1370 g/mol. The van der Waals surface area contributed by atoms with E-state index in [2.05, 4.69) is 0 Å². The minimum Gasteiger partial charge on any atom is -0.399 e. The number of alkyl halides is 24. The lowest BCUT2D eigenvalue weighted by Gasteiger charge is -2.35. The van der Waals surface area contributed by atoms with E-state index in [9.17, 15) is 141 Å². The molecule has 27 N–H and O–H groups in total. The van der Waals surface area contributed by atoms with Gasteiger partial charge in [-0.25, -0.2) is 0 Å². The third-order valence-electron chi connectivity index (χ3n) is 14.3. The highest BCUT2D eigenvalue weighted by Gasteiger charge is 2.72. The van der Waals surface area contributed by atoms with E-state index < -0.39 is 139 Å². The van der Waals surface area contributed by atoms with Crippen molar-refractivity contribution in [2.24, 2.45) is 0 Å². The molecule has 6 rings (SSSR count). The summed E-state index contributed by atoms with van der Waals surface area (Å²) >= 11 is 0. The van der Waals surface area contributed by atoms with Crippen LogP contribution in [0.5, 0.6) is 0 Å². The maximum atomic E-state index is 12.9. The van der Waals surface area contributed by atoms with Gasteiger partial charge in [-0.15, -0.1) is 0 Å². The number of hydrogen-bond donors (Lipinski definition) is 17. The molecule has 0 aromatic heterocycles. The minimum absolute atomic E-state index is 0.0683. The Bertz CT molecular complexity index is 3640. The Labute approximate surface area is 525 Å². The first-order valence-corrected chi connectivity index (χ1v) is 25.7. The quantitative estimate of drug-likeness (QED) is 0.0521. The third kappa shape index (κ3) is 17.1. The smallest absolute Gasteiger partial charge is 0.399 e. The molecule has 6 atom stereocenters. The van der Waals surface area contributed by atoms with Crippen LogP contribution >= 0.6 is 0 Å². The minimum atomic E-state index is -6.38. The summed E-state index contributed by atoms with van der Waals surface area (Å²) in [6.45, 7) is 2.81. The highest BCUT2D eigenvalue weighted by Crippen LogP contribution is 2.54. The van der Waals surface area contributed by atoms with Gasteiger partial charge in [0.1, 0.15) is 0 Å². The Morgan fingerprint density at radius 2 is 0.552 bits per heavy atom. The van der Waals surface area contributed by atoms with Crippen molar-refractivity contribution in [1.82, 2.24) is 0 Å². The van der Waals surface area contributed by atoms with Crippen LogP contribution in [0.4, 0.5) is 162 Å². The van der Waals surface area contributed by atoms with Crippen LogP contribution in [-0.2, 0) is 39.2 Å². The van der Waals surface area contributed by atoms with Gasteiger partial charge in [-0.3, -0.25) is 0 Å². The Balaban J connectivity index is 0.000000414. The van der Waals surface area contributed by atoms with Gasteiger partial charge >= 0.3 is 49.4 Å². The SMILES string of the molecule is CC(O)(c1cc(C(O)(C(F)(F)F)C(F)(F)F)c(N)cc1N)C(F)(F)F.CC(O)(c1cc(N)c(C(C)(O)C(F)(F)F)cc1N)C(F)(F)F.CC(O)(c1cc(N)cc(N)c1)C(F)(F)F.CC(O)(c1cc(N)ccc1N)C(F)(F)F.CC(O)(c1ccc2c(N)cccc2c1N)C(F)(F)F. The van der Waals surface area contributed by atoms with E-state index in [-0.39, 0.29) is 58.6 Å². The van der Waals surface area contributed by atoms with E-state index in [1.54, 1.807) is 18.2 Å². The van der Waals surface area contributed by atoms with Crippen LogP contribution in [-0.4, -0.2) is 85.2 Å². The molecule has 0 radical (unpaired) electrons. The van der Waals surface area contributed by atoms with E-state index in [4.69, 9.17) is 57.3 Å². The van der Waals surface area contributed by atoms with Crippen LogP contribution in [0.1, 0.15) is 80.5 Å². The van der Waals surface area contributed by atoms with Gasteiger partial charge in [-0.2, -0.15) is 105 Å². The summed E-state index contributed by atoms with van der Waals surface area (Å²) in [7, 11) is 0. The summed E-state index contributed by atoms with van der Waals surface area (Å²) in [6.07, 6.45) is -42.9. The molecule has 17 nitrogen and oxygen atoms in total. The van der Waals surface area contributed by atoms with Crippen LogP contribution < -0.4 is 57.3 Å². The van der Waals surface area contributed by atoms with Crippen molar-refractivity contribution in [2.75, 3.05) is 57.3 Å². The molecule has 96 heavy (non-hydrogen) atoms. The Morgan fingerprint density at radius 1 is 0.240 bits per heavy atom. The Morgan fingerprint density at radius 3 is 0.896 bits per heavy atom. The number of benzene rings is 6.